The highest BCUT2D eigenvalue weighted by Gasteiger charge is 2.29. The Labute approximate surface area is 68.6 Å². The topological polar surface area (TPSA) is 35.5 Å². The predicted molar refractivity (Wildman–Crippen MR) is 35.9 cm³/mol. The summed E-state index contributed by atoms with van der Waals surface area (Å²) in [6, 6.07) is 0. The zero-order valence-corrected chi connectivity index (χ0v) is 6.68. The van der Waals surface area contributed by atoms with Crippen LogP contribution in [0.4, 0.5) is 8.78 Å². The van der Waals surface area contributed by atoms with Crippen molar-refractivity contribution in [1.29, 1.82) is 0 Å². The number of esters is 1. The molecule has 1 aliphatic heterocycles. The van der Waals surface area contributed by atoms with Crippen LogP contribution >= 0.6 is 0 Å². The normalized spacial score (nSPS) is 24.2. The molecule has 12 heavy (non-hydrogen) atoms. The molecule has 3 nitrogen and oxygen atoms in total. The van der Waals surface area contributed by atoms with Crippen LogP contribution in [0.5, 0.6) is 0 Å². The third-order valence-electron chi connectivity index (χ3n) is 1.40. The molecule has 1 saturated heterocycles. The fourth-order valence-electron chi connectivity index (χ4n) is 0.861. The Hall–Kier alpha value is -0.710. The van der Waals surface area contributed by atoms with Crippen LogP contribution in [0.25, 0.3) is 0 Å². The molecule has 1 rings (SSSR count). The van der Waals surface area contributed by atoms with Crippen molar-refractivity contribution in [2.75, 3.05) is 13.2 Å². The standard InChI is InChI=1S/C7H10F2O3/c1-7(8,9)4-12-5-2-6(10)11-3-5/h5H,2-4H2,1H3. The van der Waals surface area contributed by atoms with Crippen LogP contribution < -0.4 is 0 Å². The molecule has 0 bridgehead atoms. The maximum atomic E-state index is 12.2. The SMILES string of the molecule is CC(F)(F)COC1COC(=O)C1. The minimum atomic E-state index is -2.84. The molecule has 0 spiro atoms. The minimum Gasteiger partial charge on any atom is -0.463 e. The van der Waals surface area contributed by atoms with E-state index in [4.69, 9.17) is 4.74 Å². The van der Waals surface area contributed by atoms with Crippen molar-refractivity contribution >= 4 is 5.97 Å². The van der Waals surface area contributed by atoms with E-state index in [1.807, 2.05) is 0 Å². The Bertz CT molecular complexity index is 176. The number of carbonyl (C=O) groups is 1. The van der Waals surface area contributed by atoms with Crippen molar-refractivity contribution in [2.45, 2.75) is 25.4 Å². The summed E-state index contributed by atoms with van der Waals surface area (Å²) in [7, 11) is 0. The largest absolute Gasteiger partial charge is 0.463 e. The Morgan fingerprint density at radius 2 is 2.42 bits per heavy atom. The van der Waals surface area contributed by atoms with Crippen LogP contribution in [-0.4, -0.2) is 31.2 Å². The molecule has 1 aliphatic rings. The van der Waals surface area contributed by atoms with Crippen molar-refractivity contribution in [3.05, 3.63) is 0 Å². The summed E-state index contributed by atoms with van der Waals surface area (Å²) < 4.78 is 33.7. The van der Waals surface area contributed by atoms with Gasteiger partial charge in [0.15, 0.2) is 0 Å². The second-order valence-corrected chi connectivity index (χ2v) is 2.89. The predicted octanol–water partition coefficient (Wildman–Crippen LogP) is 0.974. The van der Waals surface area contributed by atoms with Gasteiger partial charge in [-0.25, -0.2) is 8.78 Å². The average molecular weight is 180 g/mol. The van der Waals surface area contributed by atoms with Gasteiger partial charge in [-0.2, -0.15) is 0 Å². The summed E-state index contributed by atoms with van der Waals surface area (Å²) in [5, 5.41) is 0. The first-order valence-electron chi connectivity index (χ1n) is 3.62. The Balaban J connectivity index is 2.20. The van der Waals surface area contributed by atoms with Gasteiger partial charge in [0.1, 0.15) is 19.3 Å². The van der Waals surface area contributed by atoms with Crippen molar-refractivity contribution in [3.8, 4) is 0 Å². The van der Waals surface area contributed by atoms with Crippen LogP contribution in [0.2, 0.25) is 0 Å². The van der Waals surface area contributed by atoms with Crippen molar-refractivity contribution in [3.63, 3.8) is 0 Å². The van der Waals surface area contributed by atoms with E-state index >= 15 is 0 Å². The highest BCUT2D eigenvalue weighted by atomic mass is 19.3. The zero-order valence-electron chi connectivity index (χ0n) is 6.68. The van der Waals surface area contributed by atoms with E-state index in [1.54, 1.807) is 0 Å². The lowest BCUT2D eigenvalue weighted by atomic mass is 10.3. The van der Waals surface area contributed by atoms with Crippen LogP contribution in [0, 0.1) is 0 Å². The third-order valence-corrected chi connectivity index (χ3v) is 1.40. The molecular formula is C7H10F2O3. The summed E-state index contributed by atoms with van der Waals surface area (Å²) in [5.41, 5.74) is 0. The fraction of sp³-hybridized carbons (Fsp3) is 0.857. The molecule has 70 valence electrons. The first kappa shape index (κ1) is 9.38. The van der Waals surface area contributed by atoms with Gasteiger partial charge in [-0.1, -0.05) is 0 Å². The number of ether oxygens (including phenoxy) is 2. The number of alkyl halides is 2. The van der Waals surface area contributed by atoms with E-state index in [0.29, 0.717) is 0 Å². The summed E-state index contributed by atoms with van der Waals surface area (Å²) >= 11 is 0. The quantitative estimate of drug-likeness (QED) is 0.607. The van der Waals surface area contributed by atoms with Crippen LogP contribution in [0.1, 0.15) is 13.3 Å². The third kappa shape index (κ3) is 3.13. The lowest BCUT2D eigenvalue weighted by Crippen LogP contribution is -2.24. The average Bonchev–Trinajstić information content (AvgIpc) is 2.30. The van der Waals surface area contributed by atoms with Gasteiger partial charge in [-0.15, -0.1) is 0 Å². The van der Waals surface area contributed by atoms with Crippen molar-refractivity contribution in [1.82, 2.24) is 0 Å². The maximum Gasteiger partial charge on any atom is 0.308 e. The van der Waals surface area contributed by atoms with Gasteiger partial charge in [0.25, 0.3) is 5.92 Å². The molecule has 0 radical (unpaired) electrons. The minimum absolute atomic E-state index is 0.0794. The number of cyclic esters (lactones) is 1. The molecule has 0 saturated carbocycles. The molecule has 0 aromatic carbocycles. The molecule has 0 aliphatic carbocycles. The zero-order chi connectivity index (χ0) is 9.19. The molecule has 0 N–H and O–H groups in total. The number of rotatable bonds is 3. The van der Waals surface area contributed by atoms with E-state index in [0.717, 1.165) is 6.92 Å². The van der Waals surface area contributed by atoms with Crippen molar-refractivity contribution in [2.24, 2.45) is 0 Å². The van der Waals surface area contributed by atoms with Crippen LogP contribution in [-0.2, 0) is 14.3 Å². The molecular weight excluding hydrogens is 170 g/mol. The molecule has 1 fully saturated rings. The second kappa shape index (κ2) is 3.35. The summed E-state index contributed by atoms with van der Waals surface area (Å²) in [6.07, 6.45) is -0.417. The van der Waals surface area contributed by atoms with Gasteiger partial charge in [0.2, 0.25) is 0 Å². The smallest absolute Gasteiger partial charge is 0.308 e. The molecule has 1 heterocycles. The van der Waals surface area contributed by atoms with Crippen LogP contribution in [0.15, 0.2) is 0 Å². The second-order valence-electron chi connectivity index (χ2n) is 2.89. The van der Waals surface area contributed by atoms with Gasteiger partial charge in [-0.05, 0) is 0 Å². The van der Waals surface area contributed by atoms with E-state index < -0.39 is 18.6 Å². The number of carbonyl (C=O) groups excluding carboxylic acids is 1. The lowest BCUT2D eigenvalue weighted by molar-refractivity contribution is -0.137. The van der Waals surface area contributed by atoms with E-state index in [1.165, 1.54) is 0 Å². The molecule has 0 aromatic rings. The monoisotopic (exact) mass is 180 g/mol. The maximum absolute atomic E-state index is 12.2. The molecule has 1 unspecified atom stereocenters. The lowest BCUT2D eigenvalue weighted by Gasteiger charge is -2.13. The number of hydrogen-bond acceptors (Lipinski definition) is 3. The van der Waals surface area contributed by atoms with E-state index in [2.05, 4.69) is 4.74 Å². The molecule has 0 aromatic heterocycles. The highest BCUT2D eigenvalue weighted by molar-refractivity contribution is 5.71. The van der Waals surface area contributed by atoms with Gasteiger partial charge < -0.3 is 9.47 Å². The van der Waals surface area contributed by atoms with E-state index in [9.17, 15) is 13.6 Å². The first-order valence-corrected chi connectivity index (χ1v) is 3.62. The molecule has 1 atom stereocenters. The Morgan fingerprint density at radius 1 is 1.75 bits per heavy atom. The van der Waals surface area contributed by atoms with Crippen LogP contribution in [0.3, 0.4) is 0 Å². The summed E-state index contributed by atoms with van der Waals surface area (Å²) in [6.45, 7) is 0.202. The molecule has 5 heteroatoms. The molecule has 0 amide bonds. The fourth-order valence-corrected chi connectivity index (χ4v) is 0.861. The van der Waals surface area contributed by atoms with Gasteiger partial charge in [0, 0.05) is 6.92 Å². The van der Waals surface area contributed by atoms with Gasteiger partial charge in [0.05, 0.1) is 6.42 Å². The number of halogens is 2. The number of hydrogen-bond donors (Lipinski definition) is 0. The Kier molecular flexibility index (Phi) is 2.62. The highest BCUT2D eigenvalue weighted by Crippen LogP contribution is 2.16. The van der Waals surface area contributed by atoms with Gasteiger partial charge in [-0.3, -0.25) is 4.79 Å². The Morgan fingerprint density at radius 3 is 2.83 bits per heavy atom. The summed E-state index contributed by atoms with van der Waals surface area (Å²) in [4.78, 5) is 10.5. The van der Waals surface area contributed by atoms with Gasteiger partial charge >= 0.3 is 5.97 Å². The van der Waals surface area contributed by atoms with E-state index in [-0.39, 0.29) is 19.0 Å². The van der Waals surface area contributed by atoms with Crippen molar-refractivity contribution < 1.29 is 23.0 Å². The first-order chi connectivity index (χ1) is 5.47. The summed E-state index contributed by atoms with van der Waals surface area (Å²) in [5.74, 6) is -3.23.